The van der Waals surface area contributed by atoms with Crippen LogP contribution in [0.15, 0.2) is 71.7 Å². The highest BCUT2D eigenvalue weighted by Crippen LogP contribution is 2.44. The van der Waals surface area contributed by atoms with Crippen molar-refractivity contribution in [3.05, 3.63) is 93.9 Å². The van der Waals surface area contributed by atoms with E-state index in [9.17, 15) is 44.1 Å². The van der Waals surface area contributed by atoms with Gasteiger partial charge in [0, 0.05) is 37.2 Å². The largest absolute Gasteiger partial charge is 0.504 e. The number of amides is 4. The second kappa shape index (κ2) is 22.2. The van der Waals surface area contributed by atoms with Gasteiger partial charge in [-0.2, -0.15) is 9.78 Å². The number of aromatic nitrogens is 2. The summed E-state index contributed by atoms with van der Waals surface area (Å²) in [6.45, 7) is 7.38. The molecule has 20 heteroatoms. The molecule has 20 nitrogen and oxygen atoms in total. The van der Waals surface area contributed by atoms with E-state index in [4.69, 9.17) is 25.7 Å². The smallest absolute Gasteiger partial charge is 0.326 e. The average molecular weight is 915 g/mol. The maximum absolute atomic E-state index is 14.3. The van der Waals surface area contributed by atoms with Crippen LogP contribution in [0.1, 0.15) is 68.1 Å². The number of ether oxygens (including phenoxy) is 3. The first-order chi connectivity index (χ1) is 31.3. The fraction of sp³-hybridized carbons (Fsp3) is 0.413. The maximum atomic E-state index is 14.3. The van der Waals surface area contributed by atoms with Crippen LogP contribution >= 0.6 is 0 Å². The molecule has 0 radical (unpaired) electrons. The minimum absolute atomic E-state index is 0.0323. The van der Waals surface area contributed by atoms with Crippen molar-refractivity contribution in [2.45, 2.75) is 71.2 Å². The van der Waals surface area contributed by atoms with Gasteiger partial charge in [0.25, 0.3) is 11.5 Å². The van der Waals surface area contributed by atoms with Gasteiger partial charge in [0.1, 0.15) is 42.3 Å². The van der Waals surface area contributed by atoms with Crippen molar-refractivity contribution in [1.82, 2.24) is 30.6 Å². The van der Waals surface area contributed by atoms with Crippen LogP contribution in [-0.2, 0) is 25.6 Å². The molecule has 10 N–H and O–H groups in total. The maximum Gasteiger partial charge on any atom is 0.326 e. The zero-order valence-electron chi connectivity index (χ0n) is 37.5. The Balaban J connectivity index is 1.48. The lowest BCUT2D eigenvalue weighted by atomic mass is 9.93. The van der Waals surface area contributed by atoms with Crippen molar-refractivity contribution in [2.75, 3.05) is 46.5 Å². The molecule has 1 aliphatic rings. The van der Waals surface area contributed by atoms with Gasteiger partial charge in [0.05, 0.1) is 37.2 Å². The van der Waals surface area contributed by atoms with Gasteiger partial charge in [-0.05, 0) is 91.4 Å². The predicted molar refractivity (Wildman–Crippen MR) is 241 cm³/mol. The summed E-state index contributed by atoms with van der Waals surface area (Å²) in [5.41, 5.74) is 11.8. The summed E-state index contributed by atoms with van der Waals surface area (Å²) in [6, 6.07) is 10.8. The van der Waals surface area contributed by atoms with E-state index < -0.39 is 71.7 Å². The molecule has 1 aliphatic heterocycles. The van der Waals surface area contributed by atoms with Crippen molar-refractivity contribution in [3.63, 3.8) is 0 Å². The Labute approximate surface area is 381 Å². The van der Waals surface area contributed by atoms with Gasteiger partial charge in [-0.15, -0.1) is 0 Å². The molecule has 3 aromatic carbocycles. The van der Waals surface area contributed by atoms with Crippen LogP contribution in [0.5, 0.6) is 23.0 Å². The van der Waals surface area contributed by atoms with Crippen LogP contribution in [0.2, 0.25) is 0 Å². The third-order valence-corrected chi connectivity index (χ3v) is 10.6. The third-order valence-electron chi connectivity index (χ3n) is 10.6. The van der Waals surface area contributed by atoms with Crippen molar-refractivity contribution < 1.29 is 53.5 Å². The van der Waals surface area contributed by atoms with Crippen molar-refractivity contribution >= 4 is 29.6 Å². The molecule has 4 atom stereocenters. The first-order valence-electron chi connectivity index (χ1n) is 21.3. The number of aliphatic hydroxyl groups is 1. The Hall–Kier alpha value is -7.03. The molecular weight excluding hydrogens is 857 g/mol. The number of benzene rings is 3. The molecule has 0 aliphatic carbocycles. The highest BCUT2D eigenvalue weighted by atomic mass is 16.5. The van der Waals surface area contributed by atoms with E-state index >= 15 is 0 Å². The fourth-order valence-corrected chi connectivity index (χ4v) is 6.72. The van der Waals surface area contributed by atoms with Gasteiger partial charge >= 0.3 is 5.97 Å². The number of hydrogen-bond donors (Lipinski definition) is 8. The van der Waals surface area contributed by atoms with Gasteiger partial charge in [0.2, 0.25) is 17.7 Å². The first kappa shape index (κ1) is 50.0. The quantitative estimate of drug-likeness (QED) is 0.0695. The van der Waals surface area contributed by atoms with Gasteiger partial charge in [-0.25, -0.2) is 4.79 Å². The number of aromatic hydroxyl groups is 1. The van der Waals surface area contributed by atoms with E-state index in [-0.39, 0.29) is 65.3 Å². The summed E-state index contributed by atoms with van der Waals surface area (Å²) in [5.74, 6) is -4.60. The lowest BCUT2D eigenvalue weighted by molar-refractivity contribution is -0.142. The molecule has 4 aromatic rings. The van der Waals surface area contributed by atoms with E-state index in [0.717, 1.165) is 28.3 Å². The molecule has 4 amide bonds. The van der Waals surface area contributed by atoms with E-state index in [0.29, 0.717) is 36.6 Å². The normalized spacial score (nSPS) is 16.8. The monoisotopic (exact) mass is 914 g/mol. The van der Waals surface area contributed by atoms with Crippen LogP contribution in [0, 0.1) is 5.41 Å². The molecule has 0 spiro atoms. The average Bonchev–Trinajstić information content (AvgIpc) is 3.27. The van der Waals surface area contributed by atoms with E-state index in [2.05, 4.69) is 41.8 Å². The number of carboxylic acids is 1. The summed E-state index contributed by atoms with van der Waals surface area (Å²) >= 11 is 0. The Bertz CT molecular complexity index is 2450. The van der Waals surface area contributed by atoms with Gasteiger partial charge in [-0.3, -0.25) is 24.0 Å². The number of likely N-dealkylation sites (N-methyl/N-ethyl adjacent to an activating group) is 1. The molecule has 5 rings (SSSR count). The molecule has 0 saturated carbocycles. The summed E-state index contributed by atoms with van der Waals surface area (Å²) < 4.78 is 18.8. The second-order valence-corrected chi connectivity index (χ2v) is 17.0. The standard InChI is InChI=1S/C46H58N8O12/c1-26-42(59)52-35(45(62)63)18-27-7-12-36(65-15-6-14-47)33(17-27)34-19-28(20-37(41(34)58)66-25-31(55)22-48)40(44(61)51-26)53(5)39(57)24-49-43(60)29-21-38(56)54(50-23-29)30-8-10-32(11-9-30)64-16-13-46(2,3)4/h7-12,17,19-21,23,26,31,35,40,55,58H,6,13-16,18,22,24-25,47-48H2,1-5H3,(H,49,60)(H,51,61)(H,52,59)(H,62,63)/t26-,31+,35-,40-/m0/s1. The number of fused-ring (bicyclic) bond motifs is 5. The molecule has 66 heavy (non-hydrogen) atoms. The van der Waals surface area contributed by atoms with E-state index in [1.807, 2.05) is 0 Å². The molecular formula is C46H58N8O12. The number of aliphatic carboxylic acids is 1. The number of aliphatic hydroxyl groups excluding tert-OH is 1. The zero-order chi connectivity index (χ0) is 48.3. The molecule has 0 fully saturated rings. The van der Waals surface area contributed by atoms with Crippen LogP contribution < -0.4 is 47.2 Å². The number of phenolic OH excluding ortho intramolecular Hbond substituents is 1. The first-order valence-corrected chi connectivity index (χ1v) is 21.3. The Morgan fingerprint density at radius 1 is 0.939 bits per heavy atom. The zero-order valence-corrected chi connectivity index (χ0v) is 37.5. The van der Waals surface area contributed by atoms with Crippen LogP contribution in [0.4, 0.5) is 0 Å². The molecule has 354 valence electrons. The third kappa shape index (κ3) is 13.0. The van der Waals surface area contributed by atoms with Crippen LogP contribution in [0.25, 0.3) is 16.8 Å². The number of nitrogens with zero attached hydrogens (tertiary/aromatic N) is 3. The van der Waals surface area contributed by atoms with Crippen molar-refractivity contribution in [1.29, 1.82) is 0 Å². The van der Waals surface area contributed by atoms with Gasteiger partial charge < -0.3 is 61.8 Å². The van der Waals surface area contributed by atoms with Crippen molar-refractivity contribution in [2.24, 2.45) is 16.9 Å². The molecule has 2 heterocycles. The summed E-state index contributed by atoms with van der Waals surface area (Å²) in [6.07, 6.45) is 1.10. The summed E-state index contributed by atoms with van der Waals surface area (Å²) in [7, 11) is 1.27. The summed E-state index contributed by atoms with van der Waals surface area (Å²) in [5, 5.41) is 43.7. The predicted octanol–water partition coefficient (Wildman–Crippen LogP) is 1.41. The van der Waals surface area contributed by atoms with Crippen LogP contribution in [-0.4, -0.2) is 124 Å². The number of hydrogen-bond acceptors (Lipinski definition) is 14. The van der Waals surface area contributed by atoms with Crippen LogP contribution in [0.3, 0.4) is 0 Å². The highest BCUT2D eigenvalue weighted by Gasteiger charge is 2.34. The lowest BCUT2D eigenvalue weighted by Crippen LogP contribution is -2.53. The minimum atomic E-state index is -1.60. The van der Waals surface area contributed by atoms with Crippen molar-refractivity contribution in [3.8, 4) is 39.8 Å². The van der Waals surface area contributed by atoms with E-state index in [1.54, 1.807) is 42.5 Å². The second-order valence-electron chi connectivity index (χ2n) is 17.0. The number of carbonyl (C=O) groups excluding carboxylic acids is 4. The number of nitrogens with one attached hydrogen (secondary N) is 3. The summed E-state index contributed by atoms with van der Waals surface area (Å²) in [4.78, 5) is 81.6. The van der Waals surface area contributed by atoms with E-state index in [1.165, 1.54) is 26.1 Å². The van der Waals surface area contributed by atoms with Gasteiger partial charge in [-0.1, -0.05) is 26.8 Å². The minimum Gasteiger partial charge on any atom is -0.504 e. The molecule has 4 bridgehead atoms. The topological polar surface area (TPSA) is 300 Å². The number of nitrogens with two attached hydrogens (primary N) is 2. The number of phenols is 1. The number of carboxylic acid groups (broad SMARTS) is 1. The fourth-order valence-electron chi connectivity index (χ4n) is 6.72. The molecule has 1 aromatic heterocycles. The van der Waals surface area contributed by atoms with Gasteiger partial charge in [0.15, 0.2) is 11.5 Å². The molecule has 0 unspecified atom stereocenters. The lowest BCUT2D eigenvalue weighted by Gasteiger charge is -2.30. The Morgan fingerprint density at radius 2 is 1.67 bits per heavy atom. The Morgan fingerprint density at radius 3 is 2.32 bits per heavy atom. The highest BCUT2D eigenvalue weighted by molar-refractivity contribution is 5.98. The number of rotatable bonds is 17. The molecule has 0 saturated heterocycles. The number of carbonyl (C=O) groups is 5. The SMILES string of the molecule is C[C@@H]1NC(=O)[C@@H](N(C)C(=O)CNC(=O)c2cnn(-c3ccc(OCCC(C)(C)C)cc3)c(=O)c2)c2cc(OC[C@H](O)CN)c(O)c(c2)-c2cc(ccc2OCCCN)C[C@@H](C(=O)O)NC1=O. The Kier molecular flexibility index (Phi) is 16.8.